The van der Waals surface area contributed by atoms with E-state index in [0.29, 0.717) is 47.3 Å². The first-order chi connectivity index (χ1) is 59.8. The summed E-state index contributed by atoms with van der Waals surface area (Å²) in [5, 5.41) is 0. The summed E-state index contributed by atoms with van der Waals surface area (Å²) in [6.45, 7) is 94.8. The Morgan fingerprint density at radius 2 is 0.523 bits per heavy atom. The Hall–Kier alpha value is -3.80. The van der Waals surface area contributed by atoms with E-state index in [1.165, 1.54) is 56.7 Å². The average Bonchev–Trinajstić information content (AvgIpc) is 0.806. The van der Waals surface area contributed by atoms with Gasteiger partial charge in [0.1, 0.15) is 0 Å². The molecule has 0 aliphatic heterocycles. The predicted octanol–water partition coefficient (Wildman–Crippen LogP) is 36.4. The van der Waals surface area contributed by atoms with Gasteiger partial charge in [-0.2, -0.15) is 77.6 Å². The molecule has 0 atom stereocenters. The topological polar surface area (TPSA) is 51.6 Å². The van der Waals surface area contributed by atoms with Gasteiger partial charge in [-0.1, -0.05) is 190 Å². The molecule has 0 aliphatic rings. The van der Waals surface area contributed by atoms with Gasteiger partial charge in [-0.3, -0.25) is 9.97 Å². The Kier molecular flexibility index (Phi) is 106. The minimum absolute atomic E-state index is 0. The van der Waals surface area contributed by atoms with Crippen LogP contribution < -0.4 is 0 Å². The number of pyridine rings is 4. The van der Waals surface area contributed by atoms with Crippen LogP contribution in [-0.2, 0) is 165 Å². The van der Waals surface area contributed by atoms with Crippen molar-refractivity contribution >= 4 is 20.6 Å². The third kappa shape index (κ3) is 54.1. The Balaban J connectivity index is -0.000000163. The van der Waals surface area contributed by atoms with Crippen LogP contribution in [0.15, 0.2) is 195 Å². The van der Waals surface area contributed by atoms with Crippen molar-refractivity contribution < 1.29 is 165 Å². The molecule has 4 aromatic heterocycles. The van der Waals surface area contributed by atoms with Gasteiger partial charge >= 0.3 is 441 Å². The Morgan fingerprint density at radius 1 is 0.289 bits per heavy atom. The number of hydrogen-bond acceptors (Lipinski definition) is 4. The molecule has 10 rings (SSSR count). The maximum atomic E-state index is 5.58. The van der Waals surface area contributed by atoms with Crippen molar-refractivity contribution in [1.82, 2.24) is 19.9 Å². The molecule has 0 bridgehead atoms. The summed E-state index contributed by atoms with van der Waals surface area (Å²) in [7, 11) is 0. The smallest absolute Gasteiger partial charge is 3.00 e. The van der Waals surface area contributed by atoms with Gasteiger partial charge in [0.2, 0.25) is 0 Å². The van der Waals surface area contributed by atoms with E-state index in [-0.39, 0.29) is 131 Å². The second kappa shape index (κ2) is 93.6. The first-order valence-electron chi connectivity index (χ1n) is 46.0. The van der Waals surface area contributed by atoms with Gasteiger partial charge < -0.3 is 25.7 Å². The van der Waals surface area contributed by atoms with Gasteiger partial charge in [0.15, 0.2) is 0 Å². The number of nitrogens with zero attached hydrogens (tertiary/aromatic N) is 4. The molecule has 0 aliphatic carbocycles. The van der Waals surface area contributed by atoms with E-state index in [0.717, 1.165) is 89.0 Å². The molecule has 0 saturated carbocycles. The molecule has 0 spiro atoms. The van der Waals surface area contributed by atoms with Crippen molar-refractivity contribution in [3.05, 3.63) is 326 Å². The molecule has 0 fully saturated rings. The summed E-state index contributed by atoms with van der Waals surface area (Å²) in [6, 6.07) is 63.1. The van der Waals surface area contributed by atoms with Crippen molar-refractivity contribution in [2.24, 2.45) is 0 Å². The molecule has 0 amide bonds. The number of benzene rings is 6. The fourth-order valence-electron chi connectivity index (χ4n) is 11.7. The summed E-state index contributed by atoms with van der Waals surface area (Å²) < 4.78 is 6.27. The Morgan fingerprint density at radius 3 is 0.797 bits per heavy atom. The van der Waals surface area contributed by atoms with E-state index < -0.39 is 0 Å². The van der Waals surface area contributed by atoms with Crippen molar-refractivity contribution in [3.8, 4) is 66.8 Å². The zero-order valence-corrected chi connectivity index (χ0v) is 102. The minimum Gasteiger partial charge on any atom is 3.00 e. The van der Waals surface area contributed by atoms with Crippen LogP contribution in [0, 0.1) is 75.2 Å². The molecule has 0 unspecified atom stereocenters. The van der Waals surface area contributed by atoms with Crippen LogP contribution in [0.3, 0.4) is 0 Å². The van der Waals surface area contributed by atoms with Crippen LogP contribution in [0.1, 0.15) is 380 Å². The number of aromatic nitrogens is 4. The fraction of sp³-hybridized carbons (Fsp3) is 0.407. The van der Waals surface area contributed by atoms with Crippen molar-refractivity contribution in [2.75, 3.05) is 0 Å². The van der Waals surface area contributed by atoms with Crippen LogP contribution in [0.4, 0.5) is 0 Å². The summed E-state index contributed by atoms with van der Waals surface area (Å²) >= 11 is 4.72. The molecule has 128 heavy (non-hydrogen) atoms. The first kappa shape index (κ1) is 145. The van der Waals surface area contributed by atoms with Crippen LogP contribution in [-0.4, -0.2) is 29.4 Å². The molecule has 682 valence electrons. The van der Waals surface area contributed by atoms with E-state index in [2.05, 4.69) is 283 Å². The molecule has 0 saturated heterocycles. The van der Waals surface area contributed by atoms with Crippen LogP contribution >= 0.6 is 0 Å². The molecule has 0 radical (unpaired) electrons. The van der Waals surface area contributed by atoms with Crippen LogP contribution in [0.25, 0.3) is 77.9 Å². The second-order valence-corrected chi connectivity index (χ2v) is 29.2. The minimum atomic E-state index is 0. The van der Waals surface area contributed by atoms with Crippen molar-refractivity contribution in [2.45, 2.75) is 324 Å². The number of hydrogen-bond donors (Lipinski definition) is 0. The van der Waals surface area contributed by atoms with Crippen molar-refractivity contribution in [1.29, 1.82) is 0 Å². The van der Waals surface area contributed by atoms with Gasteiger partial charge in [-0.05, 0) is 24.2 Å². The molecule has 4 heterocycles. The van der Waals surface area contributed by atoms with Gasteiger partial charge in [-0.25, -0.2) is 0 Å². The normalized spacial score (nSPS) is 9.58. The van der Waals surface area contributed by atoms with Crippen LogP contribution in [0.2, 0.25) is 0 Å². The summed E-state index contributed by atoms with van der Waals surface area (Å²) in [5.41, 5.74) is 27.7. The molecule has 4 nitrogen and oxygen atoms in total. The van der Waals surface area contributed by atoms with Crippen LogP contribution in [0.5, 0.6) is 0 Å². The monoisotopic (exact) mass is 2100 g/mol. The standard InChI is InChI=1S/2C23H23N.2C22H22N.4C3H7.8C2H6.2V.4Y/c1-16(2)20-11-10-19(14-22(20)17(3)4)21-12-13-24-15-23(21)18-8-6-5-7-9-18;1-16(2)20-11-10-19(14-22(20)17(3)4)23-15-24-13-12-21(23)18-8-6-5-7-9-18;1-7-8-17(6)22-14-23-12-11-20(22)18-9-10-19(15(2)3)21(13-18)16(4)5;1-7-8-17(6)20-11-12-23-14-22(20)18-9-10-19(15(2)3)21(13-18)16(4)5;4*1-3-2;8*1-2;;;;;;/h2*5-8,10-13,15-17H,1-4H3;2*1,7-12,14-16H,2-5H3;4*3H,1-2H3;8*1-2H3;;;;;;/q2*-2;2*-3;4*-1;;;;;;;;;;;4*+3. The molecular weight excluding hydrogens is 1930 g/mol. The molecule has 10 heteroatoms. The second-order valence-electron chi connectivity index (χ2n) is 28.5. The van der Waals surface area contributed by atoms with Gasteiger partial charge in [0, 0.05) is 12.4 Å². The van der Waals surface area contributed by atoms with E-state index >= 15 is 0 Å². The van der Waals surface area contributed by atoms with Gasteiger partial charge in [0.05, 0.1) is 0 Å². The Labute approximate surface area is 911 Å². The summed E-state index contributed by atoms with van der Waals surface area (Å²) in [4.78, 5) is 17.2. The van der Waals surface area contributed by atoms with Crippen molar-refractivity contribution in [3.63, 3.8) is 0 Å². The van der Waals surface area contributed by atoms with Gasteiger partial charge in [-0.15, -0.1) is 142 Å². The third-order valence-corrected chi connectivity index (χ3v) is 17.4. The fourth-order valence-corrected chi connectivity index (χ4v) is 12.3. The quantitative estimate of drug-likeness (QED) is 0.0564. The molecule has 6 aromatic carbocycles. The average molecular weight is 2100 g/mol. The maximum Gasteiger partial charge on any atom is 3.00 e. The van der Waals surface area contributed by atoms with E-state index in [1.807, 2.05) is 296 Å². The van der Waals surface area contributed by atoms with Gasteiger partial charge in [0.25, 0.3) is 0 Å². The SMILES string of the molecule is CC.CC.CC.CC.CC.CC.CC.CC.CC(C)c1[c-]c(-c2ccncc2-c2[c-]cccc2)ccc1C(C)C.CC(C)c1[c-]c(-c2cnccc2-c2[c-]cccc2)ccc1C(C)C.C[CH-]C.C[CH-]C.C[CH-]C.C[CH-]C.[CH-]=CC=C([C-]=[V])c1ccncc1-c1[c-]c(C(C)C)c(C(C)C)cc1.[CH-]=CC=C([C-]=[V])c1cnccc1-c1[c-]c(C(C)C)c(C(C)C)cc1.[Y+3].[Y+3].[Y+3].[Y+3]. The predicted molar refractivity (Wildman–Crippen MR) is 552 cm³/mol. The zero-order chi connectivity index (χ0) is 96.4. The third-order valence-electron chi connectivity index (χ3n) is 16.6. The molecular formula is C118H166N4V2Y4-2. The zero-order valence-electron chi connectivity index (χ0n) is 87.6. The summed E-state index contributed by atoms with van der Waals surface area (Å²) in [5.74, 6) is 3.74. The molecule has 0 N–H and O–H groups in total. The Bertz CT molecular complexity index is 4100. The molecule has 10 aromatic rings. The van der Waals surface area contributed by atoms with E-state index in [9.17, 15) is 0 Å². The van der Waals surface area contributed by atoms with E-state index in [4.69, 9.17) is 13.2 Å². The first-order valence-corrected chi connectivity index (χ1v) is 47.4. The van der Waals surface area contributed by atoms with E-state index in [1.54, 1.807) is 6.20 Å². The number of rotatable bonds is 20. The largest absolute Gasteiger partial charge is 3.00 e. The maximum absolute atomic E-state index is 5.58. The summed E-state index contributed by atoms with van der Waals surface area (Å²) in [6.07, 6.45) is 29.6. The number of allylic oxidation sites excluding steroid dienone is 6.